The molecule has 0 aromatic heterocycles. The fraction of sp³-hybridized carbons (Fsp3) is 0.750. The molecule has 3 nitrogen and oxygen atoms in total. The molecule has 0 atom stereocenters. The highest BCUT2D eigenvalue weighted by atomic mass is 32.1. The summed E-state index contributed by atoms with van der Waals surface area (Å²) in [7, 11) is 0. The van der Waals surface area contributed by atoms with Crippen molar-refractivity contribution in [3.8, 4) is 0 Å². The molecule has 0 aliphatic heterocycles. The molecule has 0 saturated heterocycles. The van der Waals surface area contributed by atoms with Crippen molar-refractivity contribution in [3.63, 3.8) is 0 Å². The summed E-state index contributed by atoms with van der Waals surface area (Å²) in [5.41, 5.74) is 0. The van der Waals surface area contributed by atoms with Gasteiger partial charge in [-0.3, -0.25) is 4.79 Å². The number of hydrogen-bond acceptors (Lipinski definition) is 4. The summed E-state index contributed by atoms with van der Waals surface area (Å²) in [6.45, 7) is 4.43. The monoisotopic (exact) mass is 190 g/mol. The number of ether oxygens (including phenoxy) is 2. The van der Waals surface area contributed by atoms with Gasteiger partial charge in [-0.1, -0.05) is 0 Å². The minimum atomic E-state index is -0.178. The zero-order chi connectivity index (χ0) is 9.40. The largest absolute Gasteiger partial charge is 0.487 e. The van der Waals surface area contributed by atoms with Crippen molar-refractivity contribution in [1.29, 1.82) is 0 Å². The Balaban J connectivity index is 3.19. The standard InChI is InChI=1S/C8H14O3S/c1-3-10-8(9)5-4-6-11-7(2)12/h3-6H2,1-2H3. The van der Waals surface area contributed by atoms with E-state index in [-0.39, 0.29) is 5.97 Å². The molecule has 0 aliphatic carbocycles. The molecule has 4 heteroatoms. The molecule has 0 N–H and O–H groups in total. The van der Waals surface area contributed by atoms with Crippen LogP contribution in [0.4, 0.5) is 0 Å². The summed E-state index contributed by atoms with van der Waals surface area (Å²) in [6.07, 6.45) is 1.06. The van der Waals surface area contributed by atoms with Crippen LogP contribution in [0.1, 0.15) is 26.7 Å². The van der Waals surface area contributed by atoms with E-state index in [1.165, 1.54) is 0 Å². The van der Waals surface area contributed by atoms with Crippen molar-refractivity contribution in [2.45, 2.75) is 26.7 Å². The number of carbonyl (C=O) groups excluding carboxylic acids is 1. The molecule has 0 spiro atoms. The van der Waals surface area contributed by atoms with Gasteiger partial charge in [0.25, 0.3) is 0 Å². The van der Waals surface area contributed by atoms with Crippen LogP contribution in [0, 0.1) is 0 Å². The van der Waals surface area contributed by atoms with E-state index in [2.05, 4.69) is 12.2 Å². The number of hydrogen-bond donors (Lipinski definition) is 0. The van der Waals surface area contributed by atoms with Gasteiger partial charge in [-0.25, -0.2) is 0 Å². The minimum absolute atomic E-state index is 0.178. The Morgan fingerprint density at radius 3 is 2.58 bits per heavy atom. The fourth-order valence-electron chi connectivity index (χ4n) is 0.666. The van der Waals surface area contributed by atoms with Gasteiger partial charge in [-0.15, -0.1) is 0 Å². The van der Waals surface area contributed by atoms with Crippen molar-refractivity contribution in [1.82, 2.24) is 0 Å². The van der Waals surface area contributed by atoms with E-state index in [9.17, 15) is 4.79 Å². The van der Waals surface area contributed by atoms with Crippen LogP contribution in [0.2, 0.25) is 0 Å². The molecule has 0 aromatic carbocycles. The molecule has 70 valence electrons. The molecule has 0 saturated carbocycles. The summed E-state index contributed by atoms with van der Waals surface area (Å²) >= 11 is 4.69. The highest BCUT2D eigenvalue weighted by Crippen LogP contribution is 1.94. The first-order valence-electron chi connectivity index (χ1n) is 3.95. The predicted molar refractivity (Wildman–Crippen MR) is 50.1 cm³/mol. The average molecular weight is 190 g/mol. The van der Waals surface area contributed by atoms with Crippen molar-refractivity contribution >= 4 is 23.2 Å². The lowest BCUT2D eigenvalue weighted by molar-refractivity contribution is -0.143. The molecular weight excluding hydrogens is 176 g/mol. The Bertz CT molecular complexity index is 156. The van der Waals surface area contributed by atoms with Gasteiger partial charge in [0.05, 0.1) is 13.2 Å². The molecule has 0 unspecified atom stereocenters. The normalized spacial score (nSPS) is 9.17. The summed E-state index contributed by atoms with van der Waals surface area (Å²) in [6, 6.07) is 0. The van der Waals surface area contributed by atoms with Crippen LogP contribution < -0.4 is 0 Å². The smallest absolute Gasteiger partial charge is 0.305 e. The van der Waals surface area contributed by atoms with Gasteiger partial charge in [0.15, 0.2) is 5.05 Å². The first kappa shape index (κ1) is 11.4. The Morgan fingerprint density at radius 2 is 2.08 bits per heavy atom. The van der Waals surface area contributed by atoms with Crippen LogP contribution >= 0.6 is 12.2 Å². The summed E-state index contributed by atoms with van der Waals surface area (Å²) in [4.78, 5) is 10.8. The maximum atomic E-state index is 10.8. The molecular formula is C8H14O3S. The van der Waals surface area contributed by atoms with E-state index in [1.807, 2.05) is 0 Å². The molecule has 0 fully saturated rings. The van der Waals surface area contributed by atoms with E-state index in [0.29, 0.717) is 31.1 Å². The van der Waals surface area contributed by atoms with Crippen molar-refractivity contribution < 1.29 is 14.3 Å². The van der Waals surface area contributed by atoms with E-state index < -0.39 is 0 Å². The lowest BCUT2D eigenvalue weighted by Gasteiger charge is -2.03. The second-order valence-electron chi connectivity index (χ2n) is 2.25. The van der Waals surface area contributed by atoms with Gasteiger partial charge >= 0.3 is 5.97 Å². The van der Waals surface area contributed by atoms with Crippen LogP contribution in [0.25, 0.3) is 0 Å². The van der Waals surface area contributed by atoms with Crippen molar-refractivity contribution in [2.24, 2.45) is 0 Å². The molecule has 0 aliphatic rings. The summed E-state index contributed by atoms with van der Waals surface area (Å²) in [5, 5.41) is 0.513. The molecule has 0 heterocycles. The summed E-state index contributed by atoms with van der Waals surface area (Å²) < 4.78 is 9.72. The number of carbonyl (C=O) groups is 1. The van der Waals surface area contributed by atoms with Gasteiger partial charge in [0.1, 0.15) is 0 Å². The van der Waals surface area contributed by atoms with Gasteiger partial charge in [-0.2, -0.15) is 0 Å². The molecule has 12 heavy (non-hydrogen) atoms. The maximum Gasteiger partial charge on any atom is 0.305 e. The van der Waals surface area contributed by atoms with Crippen molar-refractivity contribution in [3.05, 3.63) is 0 Å². The second-order valence-corrected chi connectivity index (χ2v) is 2.82. The Labute approximate surface area is 78.0 Å². The molecule has 0 radical (unpaired) electrons. The SMILES string of the molecule is CCOC(=O)CCCOC(C)=S. The van der Waals surface area contributed by atoms with E-state index in [4.69, 9.17) is 9.47 Å². The quantitative estimate of drug-likeness (QED) is 0.375. The van der Waals surface area contributed by atoms with Crippen molar-refractivity contribution in [2.75, 3.05) is 13.2 Å². The third-order valence-corrected chi connectivity index (χ3v) is 1.25. The highest BCUT2D eigenvalue weighted by molar-refractivity contribution is 7.80. The predicted octanol–water partition coefficient (Wildman–Crippen LogP) is 1.69. The van der Waals surface area contributed by atoms with Crippen LogP contribution in [-0.2, 0) is 14.3 Å². The Kier molecular flexibility index (Phi) is 6.66. The molecule has 0 aromatic rings. The van der Waals surface area contributed by atoms with Gasteiger partial charge in [0.2, 0.25) is 0 Å². The molecule has 0 bridgehead atoms. The summed E-state index contributed by atoms with van der Waals surface area (Å²) in [5.74, 6) is -0.178. The first-order valence-corrected chi connectivity index (χ1v) is 4.36. The second kappa shape index (κ2) is 7.03. The number of rotatable bonds is 5. The highest BCUT2D eigenvalue weighted by Gasteiger charge is 2.00. The topological polar surface area (TPSA) is 35.5 Å². The zero-order valence-corrected chi connectivity index (χ0v) is 8.28. The number of esters is 1. The molecule has 0 amide bonds. The van der Waals surface area contributed by atoms with Gasteiger partial charge < -0.3 is 9.47 Å². The van der Waals surface area contributed by atoms with E-state index >= 15 is 0 Å². The van der Waals surface area contributed by atoms with Crippen LogP contribution in [0.3, 0.4) is 0 Å². The number of thiocarbonyl (C=S) groups is 1. The van der Waals surface area contributed by atoms with E-state index in [1.54, 1.807) is 13.8 Å². The lowest BCUT2D eigenvalue weighted by atomic mass is 10.3. The first-order chi connectivity index (χ1) is 5.66. The van der Waals surface area contributed by atoms with E-state index in [0.717, 1.165) is 0 Å². The van der Waals surface area contributed by atoms with Crippen LogP contribution in [-0.4, -0.2) is 24.2 Å². The Morgan fingerprint density at radius 1 is 1.42 bits per heavy atom. The maximum absolute atomic E-state index is 10.8. The van der Waals surface area contributed by atoms with Crippen LogP contribution in [0.5, 0.6) is 0 Å². The zero-order valence-electron chi connectivity index (χ0n) is 7.46. The molecule has 0 rings (SSSR count). The fourth-order valence-corrected chi connectivity index (χ4v) is 0.749. The van der Waals surface area contributed by atoms with Crippen LogP contribution in [0.15, 0.2) is 0 Å². The van der Waals surface area contributed by atoms with Gasteiger partial charge in [-0.05, 0) is 25.6 Å². The third-order valence-electron chi connectivity index (χ3n) is 1.14. The Hall–Kier alpha value is -0.640. The van der Waals surface area contributed by atoms with Gasteiger partial charge in [0, 0.05) is 13.3 Å². The third kappa shape index (κ3) is 7.47. The minimum Gasteiger partial charge on any atom is -0.487 e. The lowest BCUT2D eigenvalue weighted by Crippen LogP contribution is -2.06. The average Bonchev–Trinajstić information content (AvgIpc) is 1.98.